The van der Waals surface area contributed by atoms with Crippen LogP contribution in [0.25, 0.3) is 0 Å². The van der Waals surface area contributed by atoms with E-state index in [1.165, 1.54) is 28.6 Å². The van der Waals surface area contributed by atoms with Gasteiger partial charge in [-0.3, -0.25) is 10.1 Å². The first-order valence-electron chi connectivity index (χ1n) is 9.01. The lowest BCUT2D eigenvalue weighted by molar-refractivity contribution is -0.387. The largest absolute Gasteiger partial charge is 0.289 e. The highest BCUT2D eigenvalue weighted by molar-refractivity contribution is 7.89. The van der Waals surface area contributed by atoms with E-state index in [0.717, 1.165) is 5.56 Å². The van der Waals surface area contributed by atoms with Gasteiger partial charge in [-0.2, -0.15) is 9.84 Å². The third kappa shape index (κ3) is 3.52. The highest BCUT2D eigenvalue weighted by atomic mass is 32.2. The molecule has 0 radical (unpaired) electrons. The molecule has 2 aliphatic rings. The van der Waals surface area contributed by atoms with Gasteiger partial charge < -0.3 is 0 Å². The summed E-state index contributed by atoms with van der Waals surface area (Å²) in [4.78, 5) is 10.5. The number of nitro groups is 1. The first-order valence-corrected chi connectivity index (χ1v) is 10.4. The van der Waals surface area contributed by atoms with Crippen LogP contribution >= 0.6 is 0 Å². The highest BCUT2D eigenvalue weighted by Crippen LogP contribution is 2.31. The van der Waals surface area contributed by atoms with Gasteiger partial charge in [0.15, 0.2) is 4.90 Å². The Bertz CT molecular complexity index is 969. The molecule has 2 fully saturated rings. The fraction of sp³-hybridized carbons (Fsp3) is 0.333. The summed E-state index contributed by atoms with van der Waals surface area (Å²) >= 11 is 0. The molecule has 0 saturated carbocycles. The van der Waals surface area contributed by atoms with E-state index < -0.39 is 20.6 Å². The van der Waals surface area contributed by atoms with Crippen LogP contribution in [0.5, 0.6) is 0 Å². The van der Waals surface area contributed by atoms with Crippen molar-refractivity contribution in [2.24, 2.45) is 0 Å². The van der Waals surface area contributed by atoms with Gasteiger partial charge in [-0.05, 0) is 18.1 Å². The van der Waals surface area contributed by atoms with E-state index in [1.54, 1.807) is 0 Å². The number of hydrogen-bond acceptors (Lipinski definition) is 7. The molecule has 2 N–H and O–H groups in total. The Hall–Kier alpha value is -2.37. The third-order valence-electron chi connectivity index (χ3n) is 5.17. The molecule has 2 heterocycles. The molecule has 9 nitrogen and oxygen atoms in total. The maximum atomic E-state index is 13.5. The average molecular weight is 403 g/mol. The number of piperazine rings is 1. The Morgan fingerprint density at radius 1 is 1.07 bits per heavy atom. The first-order chi connectivity index (χ1) is 13.5. The standard InChI is InChI=1S/C18H21N5O4S/c24-23(25)17-8-4-5-9-18(17)28(26,27)22-13-16-11-19-20-21(16)12-15(22)10-14-6-2-1-3-7-14/h1-9,15-16,19-20H,10-13H2/t15-,16-/m0/s1. The molecule has 4 rings (SSSR count). The molecular weight excluding hydrogens is 382 g/mol. The lowest BCUT2D eigenvalue weighted by atomic mass is 10.0. The van der Waals surface area contributed by atoms with Crippen LogP contribution in [0.3, 0.4) is 0 Å². The van der Waals surface area contributed by atoms with E-state index in [9.17, 15) is 18.5 Å². The van der Waals surface area contributed by atoms with Crippen LogP contribution in [0, 0.1) is 10.1 Å². The summed E-state index contributed by atoms with van der Waals surface area (Å²) in [6.07, 6.45) is 0.519. The van der Waals surface area contributed by atoms with Crippen molar-refractivity contribution in [3.05, 3.63) is 70.3 Å². The van der Waals surface area contributed by atoms with Crippen molar-refractivity contribution in [2.45, 2.75) is 23.4 Å². The summed E-state index contributed by atoms with van der Waals surface area (Å²) in [6, 6.07) is 14.8. The predicted octanol–water partition coefficient (Wildman–Crippen LogP) is 0.904. The van der Waals surface area contributed by atoms with Crippen LogP contribution in [0.2, 0.25) is 0 Å². The minimum Gasteiger partial charge on any atom is -0.258 e. The number of nitro benzene ring substituents is 1. The fourth-order valence-electron chi connectivity index (χ4n) is 3.80. The van der Waals surface area contributed by atoms with Gasteiger partial charge in [-0.25, -0.2) is 18.9 Å². The number of para-hydroxylation sites is 1. The SMILES string of the molecule is O=[N+]([O-])c1ccccc1S(=O)(=O)N1C[C@@H]2CNNN2C[C@@H]1Cc1ccccc1. The predicted molar refractivity (Wildman–Crippen MR) is 103 cm³/mol. The monoisotopic (exact) mass is 403 g/mol. The molecule has 2 saturated heterocycles. The molecule has 148 valence electrons. The molecule has 28 heavy (non-hydrogen) atoms. The topological polar surface area (TPSA) is 108 Å². The Kier molecular flexibility index (Phi) is 5.13. The molecule has 0 aromatic heterocycles. The summed E-state index contributed by atoms with van der Waals surface area (Å²) in [7, 11) is -4.04. The second-order valence-corrected chi connectivity index (χ2v) is 8.80. The van der Waals surface area contributed by atoms with E-state index in [-0.39, 0.29) is 23.5 Å². The molecule has 0 spiro atoms. The third-order valence-corrected chi connectivity index (χ3v) is 7.13. The molecule has 0 aliphatic carbocycles. The van der Waals surface area contributed by atoms with Crippen molar-refractivity contribution in [2.75, 3.05) is 19.6 Å². The molecule has 2 aromatic rings. The Morgan fingerprint density at radius 2 is 1.79 bits per heavy atom. The minimum absolute atomic E-state index is 0.0374. The molecular formula is C18H21N5O4S. The van der Waals surface area contributed by atoms with Crippen molar-refractivity contribution >= 4 is 15.7 Å². The molecule has 2 aromatic carbocycles. The van der Waals surface area contributed by atoms with Crippen molar-refractivity contribution < 1.29 is 13.3 Å². The van der Waals surface area contributed by atoms with Gasteiger partial charge in [-0.1, -0.05) is 42.5 Å². The fourth-order valence-corrected chi connectivity index (χ4v) is 5.61. The summed E-state index contributed by atoms with van der Waals surface area (Å²) in [6.45, 7) is 1.33. The normalized spacial score (nSPS) is 23.4. The molecule has 0 bridgehead atoms. The van der Waals surface area contributed by atoms with E-state index >= 15 is 0 Å². The number of fused-ring (bicyclic) bond motifs is 1. The highest BCUT2D eigenvalue weighted by Gasteiger charge is 2.44. The summed E-state index contributed by atoms with van der Waals surface area (Å²) in [5.74, 6) is 0. The van der Waals surface area contributed by atoms with Crippen molar-refractivity contribution in [1.29, 1.82) is 0 Å². The van der Waals surface area contributed by atoms with Crippen LogP contribution in [0.4, 0.5) is 5.69 Å². The van der Waals surface area contributed by atoms with Gasteiger partial charge in [0.25, 0.3) is 5.69 Å². The van der Waals surface area contributed by atoms with Gasteiger partial charge in [0.05, 0.1) is 11.0 Å². The first kappa shape index (κ1) is 19.0. The number of nitrogens with zero attached hydrogens (tertiary/aromatic N) is 3. The lowest BCUT2D eigenvalue weighted by Gasteiger charge is -2.41. The Morgan fingerprint density at radius 3 is 2.54 bits per heavy atom. The molecule has 0 unspecified atom stereocenters. The zero-order valence-electron chi connectivity index (χ0n) is 15.1. The van der Waals surface area contributed by atoms with E-state index in [1.807, 2.05) is 35.3 Å². The maximum absolute atomic E-state index is 13.5. The number of rotatable bonds is 5. The van der Waals surface area contributed by atoms with Gasteiger partial charge >= 0.3 is 0 Å². The summed E-state index contributed by atoms with van der Waals surface area (Å²) in [5.41, 5.74) is 6.72. The van der Waals surface area contributed by atoms with E-state index in [2.05, 4.69) is 11.0 Å². The van der Waals surface area contributed by atoms with Crippen LogP contribution in [0.15, 0.2) is 59.5 Å². The van der Waals surface area contributed by atoms with Gasteiger partial charge in [0.2, 0.25) is 10.0 Å². The minimum atomic E-state index is -4.04. The number of nitrogens with one attached hydrogen (secondary N) is 2. The van der Waals surface area contributed by atoms with Gasteiger partial charge in [0.1, 0.15) is 0 Å². The number of hydrazine groups is 2. The summed E-state index contributed by atoms with van der Waals surface area (Å²) < 4.78 is 28.4. The average Bonchev–Trinajstić information content (AvgIpc) is 3.15. The summed E-state index contributed by atoms with van der Waals surface area (Å²) in [5, 5.41) is 13.4. The van der Waals surface area contributed by atoms with Crippen LogP contribution in [-0.2, 0) is 16.4 Å². The molecule has 0 amide bonds. The molecule has 2 aliphatic heterocycles. The number of hydrogen-bond donors (Lipinski definition) is 2. The molecule has 10 heteroatoms. The quantitative estimate of drug-likeness (QED) is 0.564. The second-order valence-electron chi connectivity index (χ2n) is 6.94. The van der Waals surface area contributed by atoms with Crippen molar-refractivity contribution in [3.8, 4) is 0 Å². The smallest absolute Gasteiger partial charge is 0.258 e. The number of benzene rings is 2. The Balaban J connectivity index is 1.72. The zero-order valence-corrected chi connectivity index (χ0v) is 15.9. The number of sulfonamides is 1. The maximum Gasteiger partial charge on any atom is 0.289 e. The Labute approximate surface area is 163 Å². The second kappa shape index (κ2) is 7.57. The van der Waals surface area contributed by atoms with Crippen molar-refractivity contribution in [1.82, 2.24) is 20.3 Å². The van der Waals surface area contributed by atoms with E-state index in [4.69, 9.17) is 0 Å². The van der Waals surface area contributed by atoms with Crippen molar-refractivity contribution in [3.63, 3.8) is 0 Å². The zero-order chi connectivity index (χ0) is 19.7. The van der Waals surface area contributed by atoms with Crippen LogP contribution in [-0.4, -0.2) is 54.4 Å². The van der Waals surface area contributed by atoms with Crippen LogP contribution in [0.1, 0.15) is 5.56 Å². The van der Waals surface area contributed by atoms with E-state index in [0.29, 0.717) is 19.5 Å². The van der Waals surface area contributed by atoms with Crippen LogP contribution < -0.4 is 11.0 Å². The van der Waals surface area contributed by atoms with Gasteiger partial charge in [-0.15, -0.1) is 0 Å². The lowest BCUT2D eigenvalue weighted by Crippen LogP contribution is -2.61. The molecule has 2 atom stereocenters. The van der Waals surface area contributed by atoms with Gasteiger partial charge in [0, 0.05) is 31.7 Å².